The molecular formula is C23H21FN2OS. The standard InChI is InChI=1S/C23H21FN2OS/c1-15-7-12-19-20(13-15)28-23(25-14-16-8-10-17(24)11-9-16)21(19)22(27)26-18-5-3-2-4-6-18/h2-6,8-11,14-15H,7,12-13H2,1H3,(H,26,27)/b25-14+. The normalized spacial score (nSPS) is 16.1. The third kappa shape index (κ3) is 4.04. The maximum atomic E-state index is 13.1. The number of nitrogens with one attached hydrogen (secondary N) is 1. The maximum Gasteiger partial charge on any atom is 0.259 e. The summed E-state index contributed by atoms with van der Waals surface area (Å²) in [5, 5.41) is 3.72. The van der Waals surface area contributed by atoms with E-state index in [0.29, 0.717) is 11.5 Å². The van der Waals surface area contributed by atoms with Crippen LogP contribution in [0.15, 0.2) is 59.6 Å². The number of halogens is 1. The molecule has 0 aliphatic heterocycles. The van der Waals surface area contributed by atoms with Crippen molar-refractivity contribution < 1.29 is 9.18 Å². The van der Waals surface area contributed by atoms with Gasteiger partial charge in [0.25, 0.3) is 5.91 Å². The fourth-order valence-electron chi connectivity index (χ4n) is 3.46. The molecule has 1 unspecified atom stereocenters. The number of thiophene rings is 1. The van der Waals surface area contributed by atoms with Crippen molar-refractivity contribution in [3.8, 4) is 0 Å². The van der Waals surface area contributed by atoms with E-state index in [-0.39, 0.29) is 11.7 Å². The van der Waals surface area contributed by atoms with Crippen molar-refractivity contribution in [1.29, 1.82) is 0 Å². The van der Waals surface area contributed by atoms with Gasteiger partial charge in [0.05, 0.1) is 5.56 Å². The minimum Gasteiger partial charge on any atom is -0.322 e. The number of hydrogen-bond acceptors (Lipinski definition) is 3. The van der Waals surface area contributed by atoms with Crippen LogP contribution in [0.5, 0.6) is 0 Å². The Morgan fingerprint density at radius 2 is 1.93 bits per heavy atom. The highest BCUT2D eigenvalue weighted by Crippen LogP contribution is 2.41. The Hall–Kier alpha value is -2.79. The monoisotopic (exact) mass is 392 g/mol. The Morgan fingerprint density at radius 1 is 1.18 bits per heavy atom. The van der Waals surface area contributed by atoms with Crippen LogP contribution in [-0.2, 0) is 12.8 Å². The number of fused-ring (bicyclic) bond motifs is 1. The molecule has 0 saturated carbocycles. The first-order valence-electron chi connectivity index (χ1n) is 9.40. The van der Waals surface area contributed by atoms with Crippen LogP contribution in [0.3, 0.4) is 0 Å². The predicted molar refractivity (Wildman–Crippen MR) is 114 cm³/mol. The summed E-state index contributed by atoms with van der Waals surface area (Å²) in [6.07, 6.45) is 4.66. The number of benzene rings is 2. The Bertz CT molecular complexity index is 1010. The van der Waals surface area contributed by atoms with Crippen molar-refractivity contribution in [3.63, 3.8) is 0 Å². The summed E-state index contributed by atoms with van der Waals surface area (Å²) < 4.78 is 13.1. The molecule has 1 aliphatic rings. The number of carbonyl (C=O) groups excluding carboxylic acids is 1. The highest BCUT2D eigenvalue weighted by molar-refractivity contribution is 7.16. The molecule has 0 fully saturated rings. The van der Waals surface area contributed by atoms with Crippen molar-refractivity contribution in [2.45, 2.75) is 26.2 Å². The number of rotatable bonds is 4. The van der Waals surface area contributed by atoms with Gasteiger partial charge in [0.2, 0.25) is 0 Å². The van der Waals surface area contributed by atoms with Crippen LogP contribution >= 0.6 is 11.3 Å². The Morgan fingerprint density at radius 3 is 2.68 bits per heavy atom. The molecule has 1 aromatic heterocycles. The van der Waals surface area contributed by atoms with Gasteiger partial charge in [-0.3, -0.25) is 4.79 Å². The number of amides is 1. The number of aliphatic imine (C=N–C) groups is 1. The number of hydrogen-bond donors (Lipinski definition) is 1. The van der Waals surface area contributed by atoms with Crippen LogP contribution in [0, 0.1) is 11.7 Å². The summed E-state index contributed by atoms with van der Waals surface area (Å²) in [4.78, 5) is 18.9. The lowest BCUT2D eigenvalue weighted by molar-refractivity contribution is 0.102. The van der Waals surface area contributed by atoms with E-state index < -0.39 is 0 Å². The van der Waals surface area contributed by atoms with E-state index in [4.69, 9.17) is 0 Å². The van der Waals surface area contributed by atoms with E-state index in [1.54, 1.807) is 29.7 Å². The van der Waals surface area contributed by atoms with E-state index in [0.717, 1.165) is 41.1 Å². The number of anilines is 1. The molecule has 2 aromatic carbocycles. The highest BCUT2D eigenvalue weighted by Gasteiger charge is 2.27. The van der Waals surface area contributed by atoms with Crippen molar-refractivity contribution in [3.05, 3.63) is 82.0 Å². The molecule has 0 saturated heterocycles. The van der Waals surface area contributed by atoms with Crippen molar-refractivity contribution >= 4 is 34.1 Å². The van der Waals surface area contributed by atoms with E-state index in [1.165, 1.54) is 17.0 Å². The molecule has 3 aromatic rings. The second-order valence-corrected chi connectivity index (χ2v) is 8.25. The molecule has 1 N–H and O–H groups in total. The van der Waals surface area contributed by atoms with Gasteiger partial charge in [-0.15, -0.1) is 11.3 Å². The average Bonchev–Trinajstić information content (AvgIpc) is 3.06. The molecule has 0 spiro atoms. The van der Waals surface area contributed by atoms with Crippen LogP contribution < -0.4 is 5.32 Å². The average molecular weight is 392 g/mol. The quantitative estimate of drug-likeness (QED) is 0.542. The van der Waals surface area contributed by atoms with Gasteiger partial charge in [0.15, 0.2) is 0 Å². The van der Waals surface area contributed by atoms with Gasteiger partial charge >= 0.3 is 0 Å². The van der Waals surface area contributed by atoms with Crippen LogP contribution in [-0.4, -0.2) is 12.1 Å². The maximum absolute atomic E-state index is 13.1. The minimum absolute atomic E-state index is 0.121. The van der Waals surface area contributed by atoms with Gasteiger partial charge in [0.1, 0.15) is 10.8 Å². The summed E-state index contributed by atoms with van der Waals surface area (Å²) in [6, 6.07) is 15.6. The molecule has 1 atom stereocenters. The van der Waals surface area contributed by atoms with E-state index in [9.17, 15) is 9.18 Å². The molecular weight excluding hydrogens is 371 g/mol. The zero-order valence-corrected chi connectivity index (χ0v) is 16.4. The molecule has 1 amide bonds. The van der Waals surface area contributed by atoms with E-state index >= 15 is 0 Å². The smallest absolute Gasteiger partial charge is 0.259 e. The van der Waals surface area contributed by atoms with Gasteiger partial charge in [-0.25, -0.2) is 9.38 Å². The van der Waals surface area contributed by atoms with Gasteiger partial charge in [-0.1, -0.05) is 37.3 Å². The van der Waals surface area contributed by atoms with Crippen molar-refractivity contribution in [1.82, 2.24) is 0 Å². The fraction of sp³-hybridized carbons (Fsp3) is 0.217. The Balaban J connectivity index is 1.68. The lowest BCUT2D eigenvalue weighted by Gasteiger charge is -2.18. The summed E-state index contributed by atoms with van der Waals surface area (Å²) in [7, 11) is 0. The first-order chi connectivity index (χ1) is 13.6. The second-order valence-electron chi connectivity index (χ2n) is 7.16. The molecule has 3 nitrogen and oxygen atoms in total. The van der Waals surface area contributed by atoms with Crippen molar-refractivity contribution in [2.24, 2.45) is 10.9 Å². The van der Waals surface area contributed by atoms with Crippen LogP contribution in [0.1, 0.15) is 39.7 Å². The zero-order valence-electron chi connectivity index (χ0n) is 15.6. The summed E-state index contributed by atoms with van der Waals surface area (Å²) >= 11 is 1.59. The van der Waals surface area contributed by atoms with Gasteiger partial charge < -0.3 is 5.32 Å². The molecule has 1 heterocycles. The number of nitrogens with zero attached hydrogens (tertiary/aromatic N) is 1. The van der Waals surface area contributed by atoms with Gasteiger partial charge in [-0.2, -0.15) is 0 Å². The van der Waals surface area contributed by atoms with Crippen molar-refractivity contribution in [2.75, 3.05) is 5.32 Å². The SMILES string of the molecule is CC1CCc2c(sc(/N=C/c3ccc(F)cc3)c2C(=O)Nc2ccccc2)C1. The van der Waals surface area contributed by atoms with Gasteiger partial charge in [0, 0.05) is 16.8 Å². The zero-order chi connectivity index (χ0) is 19.5. The van der Waals surface area contributed by atoms with Crippen LogP contribution in [0.25, 0.3) is 0 Å². The summed E-state index contributed by atoms with van der Waals surface area (Å²) in [6.45, 7) is 2.24. The largest absolute Gasteiger partial charge is 0.322 e. The Labute approximate surface area is 168 Å². The topological polar surface area (TPSA) is 41.5 Å². The third-order valence-electron chi connectivity index (χ3n) is 4.95. The lowest BCUT2D eigenvalue weighted by Crippen LogP contribution is -2.16. The molecule has 4 rings (SSSR count). The molecule has 1 aliphatic carbocycles. The molecule has 0 radical (unpaired) electrons. The van der Waals surface area contributed by atoms with E-state index in [2.05, 4.69) is 17.2 Å². The van der Waals surface area contributed by atoms with Gasteiger partial charge in [-0.05, 0) is 60.6 Å². The summed E-state index contributed by atoms with van der Waals surface area (Å²) in [5.74, 6) is 0.218. The molecule has 28 heavy (non-hydrogen) atoms. The lowest BCUT2D eigenvalue weighted by atomic mass is 9.88. The number of para-hydroxylation sites is 1. The van der Waals surface area contributed by atoms with E-state index in [1.807, 2.05) is 30.3 Å². The van der Waals surface area contributed by atoms with Crippen LogP contribution in [0.2, 0.25) is 0 Å². The second kappa shape index (κ2) is 8.07. The predicted octanol–water partition coefficient (Wildman–Crippen LogP) is 6.01. The number of carbonyl (C=O) groups is 1. The molecule has 5 heteroatoms. The first-order valence-corrected chi connectivity index (χ1v) is 10.2. The fourth-order valence-corrected chi connectivity index (χ4v) is 4.81. The first kappa shape index (κ1) is 18.6. The minimum atomic E-state index is -0.277. The summed E-state index contributed by atoms with van der Waals surface area (Å²) in [5.41, 5.74) is 3.37. The highest BCUT2D eigenvalue weighted by atomic mass is 32.1. The molecule has 142 valence electrons. The third-order valence-corrected chi connectivity index (χ3v) is 6.12. The van der Waals surface area contributed by atoms with Crippen LogP contribution in [0.4, 0.5) is 15.1 Å². The molecule has 0 bridgehead atoms. The Kier molecular flexibility index (Phi) is 5.35.